The van der Waals surface area contributed by atoms with Crippen LogP contribution in [0.5, 0.6) is 0 Å². The molecule has 0 saturated carbocycles. The molecule has 0 aliphatic carbocycles. The molecule has 21 heavy (non-hydrogen) atoms. The molecule has 3 rings (SSSR count). The van der Waals surface area contributed by atoms with Gasteiger partial charge in [0.1, 0.15) is 0 Å². The smallest absolute Gasteiger partial charge is 0.328 e. The Morgan fingerprint density at radius 1 is 1.14 bits per heavy atom. The molecule has 0 aromatic carbocycles. The van der Waals surface area contributed by atoms with Crippen molar-refractivity contribution in [1.82, 2.24) is 20.0 Å². The van der Waals surface area contributed by atoms with Gasteiger partial charge in [0.05, 0.1) is 0 Å². The number of carbonyl (C=O) groups excluding carboxylic acids is 3. The fourth-order valence-electron chi connectivity index (χ4n) is 3.22. The molecule has 116 valence electrons. The van der Waals surface area contributed by atoms with E-state index in [0.717, 1.165) is 25.9 Å². The number of primary amides is 1. The lowest BCUT2D eigenvalue weighted by atomic mass is 9.94. The van der Waals surface area contributed by atoms with E-state index in [-0.39, 0.29) is 23.9 Å². The van der Waals surface area contributed by atoms with Crippen LogP contribution >= 0.6 is 0 Å². The number of nitrogens with two attached hydrogens (primary N) is 1. The number of urea groups is 2. The highest BCUT2D eigenvalue weighted by molar-refractivity contribution is 5.95. The molecule has 0 aromatic heterocycles. The van der Waals surface area contributed by atoms with Crippen molar-refractivity contribution >= 4 is 18.0 Å². The summed E-state index contributed by atoms with van der Waals surface area (Å²) in [6.45, 7) is 3.99. The van der Waals surface area contributed by atoms with Crippen molar-refractivity contribution in [3.63, 3.8) is 0 Å². The number of piperidine rings is 1. The van der Waals surface area contributed by atoms with Crippen LogP contribution in [0.2, 0.25) is 0 Å². The molecule has 3 saturated heterocycles. The number of imide groups is 1. The van der Waals surface area contributed by atoms with E-state index in [2.05, 4.69) is 10.2 Å². The van der Waals surface area contributed by atoms with Gasteiger partial charge in [-0.2, -0.15) is 0 Å². The minimum Gasteiger partial charge on any atom is -0.369 e. The highest BCUT2D eigenvalue weighted by Gasteiger charge is 2.40. The second-order valence-electron chi connectivity index (χ2n) is 5.94. The normalized spacial score (nSPS) is 24.9. The molecule has 0 spiro atoms. The quantitative estimate of drug-likeness (QED) is 0.683. The number of nitrogens with zero attached hydrogens (tertiary/aromatic N) is 3. The lowest BCUT2D eigenvalue weighted by Crippen LogP contribution is -2.64. The predicted octanol–water partition coefficient (Wildman–Crippen LogP) is -0.987. The van der Waals surface area contributed by atoms with Crippen LogP contribution in [-0.4, -0.2) is 78.0 Å². The first-order chi connectivity index (χ1) is 10.1. The highest BCUT2D eigenvalue weighted by Crippen LogP contribution is 2.24. The summed E-state index contributed by atoms with van der Waals surface area (Å²) >= 11 is 0. The van der Waals surface area contributed by atoms with Crippen molar-refractivity contribution in [2.75, 3.05) is 39.3 Å². The summed E-state index contributed by atoms with van der Waals surface area (Å²) in [4.78, 5) is 40.0. The predicted molar refractivity (Wildman–Crippen MR) is 74.4 cm³/mol. The van der Waals surface area contributed by atoms with Crippen molar-refractivity contribution in [2.45, 2.75) is 18.9 Å². The summed E-state index contributed by atoms with van der Waals surface area (Å²) in [7, 11) is 0. The molecule has 3 aliphatic heterocycles. The number of rotatable bonds is 2. The standard InChI is InChI=1S/C13H21N5O3/c14-11(19)9-1-4-16(5-2-9)10-7-17(8-10)13(21)18-6-3-15-12(18)20/h9-10H,1-8H2,(H2,14,19)(H,15,20). The van der Waals surface area contributed by atoms with Crippen molar-refractivity contribution in [3.8, 4) is 0 Å². The Morgan fingerprint density at radius 2 is 1.81 bits per heavy atom. The summed E-state index contributed by atoms with van der Waals surface area (Å²) in [5.74, 6) is -0.215. The van der Waals surface area contributed by atoms with E-state index < -0.39 is 0 Å². The third-order valence-electron chi connectivity index (χ3n) is 4.67. The van der Waals surface area contributed by atoms with E-state index in [0.29, 0.717) is 32.2 Å². The molecule has 0 aromatic rings. The number of carbonyl (C=O) groups is 3. The number of likely N-dealkylation sites (tertiary alicyclic amines) is 2. The SMILES string of the molecule is NC(=O)C1CCN(C2CN(C(=O)N3CCNC3=O)C2)CC1. The largest absolute Gasteiger partial charge is 0.369 e. The summed E-state index contributed by atoms with van der Waals surface area (Å²) < 4.78 is 0. The summed E-state index contributed by atoms with van der Waals surface area (Å²) in [6.07, 6.45) is 1.60. The van der Waals surface area contributed by atoms with Gasteiger partial charge in [0, 0.05) is 38.1 Å². The Bertz CT molecular complexity index is 455. The van der Waals surface area contributed by atoms with Gasteiger partial charge in [-0.15, -0.1) is 0 Å². The Balaban J connectivity index is 1.45. The van der Waals surface area contributed by atoms with E-state index in [1.165, 1.54) is 4.90 Å². The van der Waals surface area contributed by atoms with Gasteiger partial charge >= 0.3 is 12.1 Å². The maximum Gasteiger partial charge on any atom is 0.328 e. The molecular weight excluding hydrogens is 274 g/mol. The fraction of sp³-hybridized carbons (Fsp3) is 0.769. The van der Waals surface area contributed by atoms with E-state index in [1.54, 1.807) is 4.90 Å². The molecule has 0 atom stereocenters. The van der Waals surface area contributed by atoms with E-state index in [9.17, 15) is 14.4 Å². The molecule has 0 bridgehead atoms. The number of hydrogen-bond acceptors (Lipinski definition) is 4. The first-order valence-electron chi connectivity index (χ1n) is 7.44. The first kappa shape index (κ1) is 14.1. The van der Waals surface area contributed by atoms with Crippen LogP contribution in [0.1, 0.15) is 12.8 Å². The zero-order valence-electron chi connectivity index (χ0n) is 12.0. The maximum atomic E-state index is 12.1. The lowest BCUT2D eigenvalue weighted by molar-refractivity contribution is -0.123. The molecule has 5 amide bonds. The molecule has 3 N–H and O–H groups in total. The van der Waals surface area contributed by atoms with E-state index in [4.69, 9.17) is 5.73 Å². The van der Waals surface area contributed by atoms with Gasteiger partial charge in [-0.05, 0) is 25.9 Å². The molecule has 8 nitrogen and oxygen atoms in total. The van der Waals surface area contributed by atoms with Crippen LogP contribution in [0.15, 0.2) is 0 Å². The number of amides is 5. The number of hydrogen-bond donors (Lipinski definition) is 2. The molecule has 3 fully saturated rings. The van der Waals surface area contributed by atoms with Crippen LogP contribution in [0.25, 0.3) is 0 Å². The van der Waals surface area contributed by atoms with Crippen LogP contribution in [0.4, 0.5) is 9.59 Å². The minimum atomic E-state index is -0.300. The van der Waals surface area contributed by atoms with Crippen LogP contribution in [-0.2, 0) is 4.79 Å². The average molecular weight is 295 g/mol. The molecular formula is C13H21N5O3. The molecule has 0 radical (unpaired) electrons. The summed E-state index contributed by atoms with van der Waals surface area (Å²) in [5.41, 5.74) is 5.33. The Hall–Kier alpha value is -1.83. The summed E-state index contributed by atoms with van der Waals surface area (Å²) in [6, 6.07) is -0.160. The van der Waals surface area contributed by atoms with Crippen LogP contribution in [0, 0.1) is 5.92 Å². The maximum absolute atomic E-state index is 12.1. The van der Waals surface area contributed by atoms with Crippen molar-refractivity contribution in [2.24, 2.45) is 11.7 Å². The third kappa shape index (κ3) is 2.67. The Morgan fingerprint density at radius 3 is 2.33 bits per heavy atom. The zero-order chi connectivity index (χ0) is 15.0. The highest BCUT2D eigenvalue weighted by atomic mass is 16.2. The average Bonchev–Trinajstić information content (AvgIpc) is 2.83. The van der Waals surface area contributed by atoms with Crippen molar-refractivity contribution < 1.29 is 14.4 Å². The van der Waals surface area contributed by atoms with Crippen LogP contribution < -0.4 is 11.1 Å². The summed E-state index contributed by atoms with van der Waals surface area (Å²) in [5, 5.41) is 2.63. The number of nitrogens with one attached hydrogen (secondary N) is 1. The van der Waals surface area contributed by atoms with Crippen LogP contribution in [0.3, 0.4) is 0 Å². The first-order valence-corrected chi connectivity index (χ1v) is 7.44. The fourth-order valence-corrected chi connectivity index (χ4v) is 3.22. The van der Waals surface area contributed by atoms with Gasteiger partial charge < -0.3 is 16.0 Å². The monoisotopic (exact) mass is 295 g/mol. The zero-order valence-corrected chi connectivity index (χ0v) is 12.0. The van der Waals surface area contributed by atoms with Gasteiger partial charge in [-0.1, -0.05) is 0 Å². The minimum absolute atomic E-state index is 0.00708. The Labute approximate surface area is 123 Å². The van der Waals surface area contributed by atoms with Gasteiger partial charge in [-0.3, -0.25) is 9.69 Å². The second kappa shape index (κ2) is 5.51. The third-order valence-corrected chi connectivity index (χ3v) is 4.67. The second-order valence-corrected chi connectivity index (χ2v) is 5.94. The Kier molecular flexibility index (Phi) is 3.71. The molecule has 0 unspecified atom stereocenters. The van der Waals surface area contributed by atoms with Gasteiger partial charge in [0.15, 0.2) is 0 Å². The van der Waals surface area contributed by atoms with E-state index in [1.807, 2.05) is 0 Å². The van der Waals surface area contributed by atoms with E-state index >= 15 is 0 Å². The topological polar surface area (TPSA) is 99.0 Å². The van der Waals surface area contributed by atoms with Crippen molar-refractivity contribution in [3.05, 3.63) is 0 Å². The van der Waals surface area contributed by atoms with Gasteiger partial charge in [0.25, 0.3) is 0 Å². The van der Waals surface area contributed by atoms with Gasteiger partial charge in [0.2, 0.25) is 5.91 Å². The van der Waals surface area contributed by atoms with Crippen molar-refractivity contribution in [1.29, 1.82) is 0 Å². The lowest BCUT2D eigenvalue weighted by Gasteiger charge is -2.47. The molecule has 3 heterocycles. The van der Waals surface area contributed by atoms with Gasteiger partial charge in [-0.25, -0.2) is 14.5 Å². The molecule has 3 aliphatic rings. The molecule has 8 heteroatoms.